The maximum absolute atomic E-state index is 5.41. The molecule has 4 saturated heterocycles. The molecule has 4 fully saturated rings. The molecule has 45 heavy (non-hydrogen) atoms. The number of piperidine rings is 1. The van der Waals surface area contributed by atoms with E-state index in [0.29, 0.717) is 11.5 Å². The number of nitrogens with zero attached hydrogens (tertiary/aromatic N) is 6. The zero-order valence-electron chi connectivity index (χ0n) is 26.8. The number of ether oxygens (including phenoxy) is 2. The van der Waals surface area contributed by atoms with E-state index in [1.165, 1.54) is 59.6 Å². The van der Waals surface area contributed by atoms with Gasteiger partial charge in [-0.15, -0.1) is 0 Å². The molecule has 0 aliphatic carbocycles. The lowest BCUT2D eigenvalue weighted by atomic mass is 9.71. The topological polar surface area (TPSA) is 49.2 Å². The van der Waals surface area contributed by atoms with Gasteiger partial charge in [-0.3, -0.25) is 9.80 Å². The van der Waals surface area contributed by atoms with Crippen molar-refractivity contribution in [2.24, 2.45) is 12.5 Å². The van der Waals surface area contributed by atoms with Crippen molar-refractivity contribution in [3.63, 3.8) is 0 Å². The minimum atomic E-state index is 0.536. The molecular formula is C37H46N6O2. The predicted molar refractivity (Wildman–Crippen MR) is 182 cm³/mol. The van der Waals surface area contributed by atoms with Gasteiger partial charge in [0.1, 0.15) is 0 Å². The van der Waals surface area contributed by atoms with Crippen LogP contribution in [0.5, 0.6) is 0 Å². The Hall–Kier alpha value is -3.43. The van der Waals surface area contributed by atoms with E-state index in [-0.39, 0.29) is 0 Å². The van der Waals surface area contributed by atoms with Crippen LogP contribution in [0.2, 0.25) is 0 Å². The maximum atomic E-state index is 5.41. The first-order valence-electron chi connectivity index (χ1n) is 16.8. The van der Waals surface area contributed by atoms with Crippen molar-refractivity contribution in [2.75, 3.05) is 95.6 Å². The molecule has 0 N–H and O–H groups in total. The number of benzene rings is 3. The Kier molecular flexibility index (Phi) is 7.77. The Balaban J connectivity index is 0.969. The first kappa shape index (κ1) is 29.0. The third-order valence-electron chi connectivity index (χ3n) is 11.0. The number of likely N-dealkylation sites (tertiary alicyclic amines) is 1. The molecule has 0 radical (unpaired) electrons. The van der Waals surface area contributed by atoms with E-state index in [0.717, 1.165) is 76.7 Å². The van der Waals surface area contributed by atoms with Crippen LogP contribution < -0.4 is 9.80 Å². The molecule has 4 aliphatic rings. The fraction of sp³-hybridized carbons (Fsp3) is 0.486. The van der Waals surface area contributed by atoms with Crippen molar-refractivity contribution in [3.8, 4) is 22.3 Å². The summed E-state index contributed by atoms with van der Waals surface area (Å²) in [4.78, 5) is 15.0. The zero-order chi connectivity index (χ0) is 30.4. The van der Waals surface area contributed by atoms with Gasteiger partial charge in [-0.05, 0) is 71.3 Å². The van der Waals surface area contributed by atoms with Crippen LogP contribution in [0.1, 0.15) is 12.8 Å². The Morgan fingerprint density at radius 3 is 2.07 bits per heavy atom. The van der Waals surface area contributed by atoms with Crippen LogP contribution >= 0.6 is 0 Å². The number of aromatic nitrogens is 2. The molecule has 8 heteroatoms. The van der Waals surface area contributed by atoms with Gasteiger partial charge in [-0.2, -0.15) is 0 Å². The molecule has 8 nitrogen and oxygen atoms in total. The highest BCUT2D eigenvalue weighted by atomic mass is 16.5. The van der Waals surface area contributed by atoms with Gasteiger partial charge in [-0.1, -0.05) is 24.3 Å². The van der Waals surface area contributed by atoms with Gasteiger partial charge in [0.05, 0.1) is 43.2 Å². The molecule has 3 aromatic carbocycles. The molecule has 5 heterocycles. The summed E-state index contributed by atoms with van der Waals surface area (Å²) in [5.74, 6) is 0. The van der Waals surface area contributed by atoms with Crippen molar-refractivity contribution in [3.05, 3.63) is 67.0 Å². The predicted octanol–water partition coefficient (Wildman–Crippen LogP) is 4.98. The highest BCUT2D eigenvalue weighted by molar-refractivity contribution is 5.96. The summed E-state index contributed by atoms with van der Waals surface area (Å²) in [6.45, 7) is 12.8. The van der Waals surface area contributed by atoms with Crippen LogP contribution in [0, 0.1) is 5.41 Å². The number of fused-ring (bicyclic) bond motifs is 1. The Morgan fingerprint density at radius 1 is 0.800 bits per heavy atom. The van der Waals surface area contributed by atoms with Gasteiger partial charge >= 0.3 is 0 Å². The van der Waals surface area contributed by atoms with Gasteiger partial charge < -0.3 is 23.8 Å². The van der Waals surface area contributed by atoms with Gasteiger partial charge in [0.15, 0.2) is 0 Å². The second kappa shape index (κ2) is 12.1. The lowest BCUT2D eigenvalue weighted by Gasteiger charge is -2.58. The fourth-order valence-corrected chi connectivity index (χ4v) is 7.85. The van der Waals surface area contributed by atoms with E-state index in [4.69, 9.17) is 14.5 Å². The van der Waals surface area contributed by atoms with Crippen molar-refractivity contribution in [2.45, 2.75) is 18.9 Å². The summed E-state index contributed by atoms with van der Waals surface area (Å²) in [5.41, 5.74) is 10.3. The number of hydrogen-bond acceptors (Lipinski definition) is 7. The molecule has 236 valence electrons. The normalized spacial score (nSPS) is 20.9. The van der Waals surface area contributed by atoms with Crippen LogP contribution in [0.4, 0.5) is 11.4 Å². The van der Waals surface area contributed by atoms with Crippen molar-refractivity contribution < 1.29 is 9.47 Å². The SMILES string of the molecule is COCCN1CCN(c2ccc(-c3cc(-c4ccc(N5CCC6(CC5)CN(C5COC5)C6)cc4)c4ncn(C)c4c3)cc2)CC1. The number of rotatable bonds is 8. The van der Waals surface area contributed by atoms with Gasteiger partial charge in [0.25, 0.3) is 0 Å². The van der Waals surface area contributed by atoms with Gasteiger partial charge in [0, 0.05) is 90.0 Å². The third kappa shape index (κ3) is 5.63. The highest BCUT2D eigenvalue weighted by Crippen LogP contribution is 2.43. The van der Waals surface area contributed by atoms with Crippen molar-refractivity contribution >= 4 is 22.4 Å². The summed E-state index contributed by atoms with van der Waals surface area (Å²) in [6, 6.07) is 23.6. The van der Waals surface area contributed by atoms with Crippen LogP contribution in [0.3, 0.4) is 0 Å². The van der Waals surface area contributed by atoms with E-state index >= 15 is 0 Å². The molecule has 0 unspecified atom stereocenters. The number of methoxy groups -OCH3 is 1. The average Bonchev–Trinajstić information content (AvgIpc) is 3.43. The Bertz CT molecular complexity index is 1610. The summed E-state index contributed by atoms with van der Waals surface area (Å²) in [7, 11) is 3.87. The number of imidazole rings is 1. The van der Waals surface area contributed by atoms with Crippen LogP contribution in [-0.4, -0.2) is 111 Å². The maximum Gasteiger partial charge on any atom is 0.0963 e. The van der Waals surface area contributed by atoms with Crippen LogP contribution in [0.25, 0.3) is 33.3 Å². The zero-order valence-corrected chi connectivity index (χ0v) is 26.8. The molecule has 1 aromatic heterocycles. The molecule has 0 atom stereocenters. The lowest BCUT2D eigenvalue weighted by Crippen LogP contribution is -2.66. The Labute approximate surface area is 267 Å². The Morgan fingerprint density at radius 2 is 1.44 bits per heavy atom. The van der Waals surface area contributed by atoms with Crippen LogP contribution in [0.15, 0.2) is 67.0 Å². The molecule has 1 spiro atoms. The standard InChI is InChI=1S/C37H46N6O2/c1-39-27-38-36-34(29-5-9-31(10-6-29)41-13-11-37(12-14-41)25-43(26-37)33-23-45-24-33)21-30(22-35(36)39)28-3-7-32(8-4-28)42-17-15-40(16-18-42)19-20-44-2/h3-10,21-22,27,33H,11-20,23-26H2,1-2H3. The highest BCUT2D eigenvalue weighted by Gasteiger charge is 2.48. The van der Waals surface area contributed by atoms with Crippen LogP contribution in [-0.2, 0) is 16.5 Å². The lowest BCUT2D eigenvalue weighted by molar-refractivity contribution is -0.136. The smallest absolute Gasteiger partial charge is 0.0963 e. The number of hydrogen-bond donors (Lipinski definition) is 0. The van der Waals surface area contributed by atoms with E-state index in [1.807, 2.05) is 6.33 Å². The molecule has 8 rings (SSSR count). The molecule has 0 amide bonds. The van der Waals surface area contributed by atoms with Gasteiger partial charge in [-0.25, -0.2) is 4.98 Å². The largest absolute Gasteiger partial charge is 0.383 e. The molecule has 4 aromatic rings. The first-order valence-corrected chi connectivity index (χ1v) is 16.8. The summed E-state index contributed by atoms with van der Waals surface area (Å²) < 4.78 is 12.8. The summed E-state index contributed by atoms with van der Waals surface area (Å²) >= 11 is 0. The minimum absolute atomic E-state index is 0.536. The molecule has 0 bridgehead atoms. The van der Waals surface area contributed by atoms with E-state index in [1.54, 1.807) is 7.11 Å². The second-order valence-corrected chi connectivity index (χ2v) is 13.7. The van der Waals surface area contributed by atoms with Gasteiger partial charge in [0.2, 0.25) is 0 Å². The molecule has 0 saturated carbocycles. The molecule has 4 aliphatic heterocycles. The fourth-order valence-electron chi connectivity index (χ4n) is 7.85. The average molecular weight is 607 g/mol. The first-order chi connectivity index (χ1) is 22.1. The van der Waals surface area contributed by atoms with Crippen molar-refractivity contribution in [1.82, 2.24) is 19.4 Å². The monoisotopic (exact) mass is 606 g/mol. The third-order valence-corrected chi connectivity index (χ3v) is 11.0. The van der Waals surface area contributed by atoms with E-state index < -0.39 is 0 Å². The quantitative estimate of drug-likeness (QED) is 0.281. The minimum Gasteiger partial charge on any atom is -0.383 e. The molecular weight excluding hydrogens is 560 g/mol. The number of anilines is 2. The summed E-state index contributed by atoms with van der Waals surface area (Å²) in [6.07, 6.45) is 4.52. The van der Waals surface area contributed by atoms with Crippen molar-refractivity contribution in [1.29, 1.82) is 0 Å². The number of aryl methyl sites for hydroxylation is 1. The van der Waals surface area contributed by atoms with E-state index in [9.17, 15) is 0 Å². The summed E-state index contributed by atoms with van der Waals surface area (Å²) in [5, 5.41) is 0. The van der Waals surface area contributed by atoms with E-state index in [2.05, 4.69) is 91.9 Å². The second-order valence-electron chi connectivity index (χ2n) is 13.7. The number of piperazine rings is 1.